The monoisotopic (exact) mass is 257 g/mol. The summed E-state index contributed by atoms with van der Waals surface area (Å²) in [6.45, 7) is 5.40. The lowest BCUT2D eigenvalue weighted by Gasteiger charge is -2.32. The van der Waals surface area contributed by atoms with Crippen molar-refractivity contribution in [2.75, 3.05) is 33.2 Å². The number of phenolic OH excluding ortho intramolecular Hbond substituents is 1. The smallest absolute Gasteiger partial charge is 0.116 e. The fourth-order valence-corrected chi connectivity index (χ4v) is 2.52. The summed E-state index contributed by atoms with van der Waals surface area (Å²) >= 11 is 0. The molecule has 1 aromatic carbocycles. The lowest BCUT2D eigenvalue weighted by molar-refractivity contribution is 0.148. The zero-order valence-corrected chi connectivity index (χ0v) is 11.2. The third-order valence-corrected chi connectivity index (χ3v) is 3.72. The number of likely N-dealkylation sites (N-methyl/N-ethyl adjacent to an activating group) is 1. The summed E-state index contributed by atoms with van der Waals surface area (Å²) in [5, 5.41) is 10.5. The molecule has 1 aromatic heterocycles. The maximum Gasteiger partial charge on any atom is 0.116 e. The number of fused-ring (bicyclic) bond motifs is 1. The van der Waals surface area contributed by atoms with Gasteiger partial charge >= 0.3 is 0 Å². The Bertz CT molecular complexity index is 577. The van der Waals surface area contributed by atoms with Crippen molar-refractivity contribution in [2.24, 2.45) is 0 Å². The standard InChI is InChI=1S/C15H19N3O/c1-17-4-6-18(7-5-17)11-12-8-13-9-14(19)2-3-15(13)16-10-12/h2-3,8-10,19H,4-7,11H2,1H3. The Morgan fingerprint density at radius 1 is 1.16 bits per heavy atom. The van der Waals surface area contributed by atoms with Crippen LogP contribution in [-0.4, -0.2) is 53.1 Å². The third kappa shape index (κ3) is 2.85. The minimum Gasteiger partial charge on any atom is -0.508 e. The molecule has 0 spiro atoms. The second kappa shape index (κ2) is 5.15. The molecule has 1 aliphatic heterocycles. The molecule has 19 heavy (non-hydrogen) atoms. The predicted molar refractivity (Wildman–Crippen MR) is 76.2 cm³/mol. The average molecular weight is 257 g/mol. The molecule has 2 heterocycles. The van der Waals surface area contributed by atoms with E-state index in [0.717, 1.165) is 43.6 Å². The molecule has 2 aromatic rings. The van der Waals surface area contributed by atoms with Gasteiger partial charge in [-0.25, -0.2) is 0 Å². The first kappa shape index (κ1) is 12.4. The van der Waals surface area contributed by atoms with Gasteiger partial charge in [-0.2, -0.15) is 0 Å². The summed E-state index contributed by atoms with van der Waals surface area (Å²) in [4.78, 5) is 9.26. The molecule has 0 saturated carbocycles. The zero-order chi connectivity index (χ0) is 13.2. The minimum absolute atomic E-state index is 0.297. The van der Waals surface area contributed by atoms with Crippen LogP contribution in [0.1, 0.15) is 5.56 Å². The van der Waals surface area contributed by atoms with Crippen LogP contribution < -0.4 is 0 Å². The molecule has 1 saturated heterocycles. The Kier molecular flexibility index (Phi) is 3.36. The van der Waals surface area contributed by atoms with Crippen LogP contribution in [0.4, 0.5) is 0 Å². The average Bonchev–Trinajstić information content (AvgIpc) is 2.41. The highest BCUT2D eigenvalue weighted by atomic mass is 16.3. The molecule has 1 N–H and O–H groups in total. The molecule has 0 atom stereocenters. The van der Waals surface area contributed by atoms with Gasteiger partial charge in [0.25, 0.3) is 0 Å². The normalized spacial score (nSPS) is 17.9. The van der Waals surface area contributed by atoms with Crippen molar-refractivity contribution < 1.29 is 5.11 Å². The van der Waals surface area contributed by atoms with Gasteiger partial charge < -0.3 is 10.0 Å². The van der Waals surface area contributed by atoms with E-state index in [9.17, 15) is 5.11 Å². The number of hydrogen-bond donors (Lipinski definition) is 1. The summed E-state index contributed by atoms with van der Waals surface area (Å²) < 4.78 is 0. The summed E-state index contributed by atoms with van der Waals surface area (Å²) in [5.74, 6) is 0.297. The van der Waals surface area contributed by atoms with Gasteiger partial charge in [0, 0.05) is 44.3 Å². The molecule has 100 valence electrons. The van der Waals surface area contributed by atoms with Gasteiger partial charge in [-0.15, -0.1) is 0 Å². The van der Waals surface area contributed by atoms with Crippen molar-refractivity contribution in [3.05, 3.63) is 36.0 Å². The number of piperazine rings is 1. The molecule has 0 amide bonds. The fourth-order valence-electron chi connectivity index (χ4n) is 2.52. The van der Waals surface area contributed by atoms with Crippen molar-refractivity contribution in [2.45, 2.75) is 6.54 Å². The van der Waals surface area contributed by atoms with Crippen LogP contribution >= 0.6 is 0 Å². The summed E-state index contributed by atoms with van der Waals surface area (Å²) in [7, 11) is 2.16. The number of aromatic nitrogens is 1. The molecule has 0 radical (unpaired) electrons. The van der Waals surface area contributed by atoms with Gasteiger partial charge in [-0.3, -0.25) is 9.88 Å². The van der Waals surface area contributed by atoms with Crippen LogP contribution in [0, 0.1) is 0 Å². The van der Waals surface area contributed by atoms with Gasteiger partial charge in [0.2, 0.25) is 0 Å². The second-order valence-electron chi connectivity index (χ2n) is 5.30. The fraction of sp³-hybridized carbons (Fsp3) is 0.400. The van der Waals surface area contributed by atoms with Crippen LogP contribution in [0.2, 0.25) is 0 Å². The van der Waals surface area contributed by atoms with Gasteiger partial charge in [0.15, 0.2) is 0 Å². The maximum atomic E-state index is 9.53. The lowest BCUT2D eigenvalue weighted by Crippen LogP contribution is -2.43. The Hall–Kier alpha value is -1.65. The number of phenols is 1. The Labute approximate surface area is 113 Å². The van der Waals surface area contributed by atoms with E-state index in [4.69, 9.17) is 0 Å². The van der Waals surface area contributed by atoms with E-state index in [1.807, 2.05) is 12.3 Å². The molecule has 0 bridgehead atoms. The van der Waals surface area contributed by atoms with E-state index in [2.05, 4.69) is 27.9 Å². The molecule has 0 aliphatic carbocycles. The lowest BCUT2D eigenvalue weighted by atomic mass is 10.1. The van der Waals surface area contributed by atoms with Crippen LogP contribution in [-0.2, 0) is 6.54 Å². The maximum absolute atomic E-state index is 9.53. The van der Waals surface area contributed by atoms with Gasteiger partial charge in [-0.05, 0) is 36.9 Å². The molecule has 4 nitrogen and oxygen atoms in total. The molecule has 0 unspecified atom stereocenters. The van der Waals surface area contributed by atoms with Crippen LogP contribution in [0.5, 0.6) is 5.75 Å². The largest absolute Gasteiger partial charge is 0.508 e. The molecule has 1 fully saturated rings. The number of pyridine rings is 1. The minimum atomic E-state index is 0.297. The molecular weight excluding hydrogens is 238 g/mol. The first-order valence-corrected chi connectivity index (χ1v) is 6.69. The highest BCUT2D eigenvalue weighted by Gasteiger charge is 2.14. The topological polar surface area (TPSA) is 39.6 Å². The molecule has 4 heteroatoms. The van der Waals surface area contributed by atoms with Crippen LogP contribution in [0.25, 0.3) is 10.9 Å². The molecule has 3 rings (SSSR count). The van der Waals surface area contributed by atoms with Gasteiger partial charge in [0.1, 0.15) is 5.75 Å². The van der Waals surface area contributed by atoms with Crippen molar-refractivity contribution in [3.63, 3.8) is 0 Å². The van der Waals surface area contributed by atoms with Crippen molar-refractivity contribution in [1.29, 1.82) is 0 Å². The third-order valence-electron chi connectivity index (χ3n) is 3.72. The van der Waals surface area contributed by atoms with E-state index in [1.165, 1.54) is 5.56 Å². The summed E-state index contributed by atoms with van der Waals surface area (Å²) in [6.07, 6.45) is 1.94. The number of hydrogen-bond acceptors (Lipinski definition) is 4. The van der Waals surface area contributed by atoms with Crippen molar-refractivity contribution in [3.8, 4) is 5.75 Å². The van der Waals surface area contributed by atoms with Gasteiger partial charge in [0.05, 0.1) is 5.52 Å². The summed E-state index contributed by atoms with van der Waals surface area (Å²) in [6, 6.07) is 7.43. The predicted octanol–water partition coefficient (Wildman–Crippen LogP) is 1.69. The van der Waals surface area contributed by atoms with E-state index in [1.54, 1.807) is 12.1 Å². The summed E-state index contributed by atoms with van der Waals surface area (Å²) in [5.41, 5.74) is 2.14. The second-order valence-corrected chi connectivity index (χ2v) is 5.30. The van der Waals surface area contributed by atoms with E-state index < -0.39 is 0 Å². The Morgan fingerprint density at radius 3 is 2.74 bits per heavy atom. The number of aromatic hydroxyl groups is 1. The Balaban J connectivity index is 1.77. The van der Waals surface area contributed by atoms with E-state index >= 15 is 0 Å². The number of rotatable bonds is 2. The zero-order valence-electron chi connectivity index (χ0n) is 11.2. The van der Waals surface area contributed by atoms with Gasteiger partial charge in [-0.1, -0.05) is 0 Å². The van der Waals surface area contributed by atoms with Crippen molar-refractivity contribution >= 4 is 10.9 Å². The first-order chi connectivity index (χ1) is 9.20. The number of nitrogens with zero attached hydrogens (tertiary/aromatic N) is 3. The van der Waals surface area contributed by atoms with E-state index in [0.29, 0.717) is 5.75 Å². The first-order valence-electron chi connectivity index (χ1n) is 6.69. The van der Waals surface area contributed by atoms with E-state index in [-0.39, 0.29) is 0 Å². The molecule has 1 aliphatic rings. The van der Waals surface area contributed by atoms with Crippen LogP contribution in [0.15, 0.2) is 30.5 Å². The highest BCUT2D eigenvalue weighted by Crippen LogP contribution is 2.20. The SMILES string of the molecule is CN1CCN(Cc2cnc3ccc(O)cc3c2)CC1. The Morgan fingerprint density at radius 2 is 1.95 bits per heavy atom. The quantitative estimate of drug-likeness (QED) is 0.888. The van der Waals surface area contributed by atoms with Crippen LogP contribution in [0.3, 0.4) is 0 Å². The highest BCUT2D eigenvalue weighted by molar-refractivity contribution is 5.80. The molecular formula is C15H19N3O. The number of benzene rings is 1. The van der Waals surface area contributed by atoms with Crippen molar-refractivity contribution in [1.82, 2.24) is 14.8 Å².